The van der Waals surface area contributed by atoms with Gasteiger partial charge in [0.05, 0.1) is 11.4 Å². The van der Waals surface area contributed by atoms with Gasteiger partial charge in [-0.1, -0.05) is 0 Å². The molecule has 0 aromatic carbocycles. The standard InChI is InChI=1S/C21H25N5OS2/c1-13(18(22)27)25-7-9-26(10-8-25)20-17-15-4-2-3-5-16(15)29-21(17)24-19(23-20)14-6-11-28-12-14/h6,11-13H,2-5,7-10H2,1H3,(H2,22,27). The zero-order chi connectivity index (χ0) is 20.0. The van der Waals surface area contributed by atoms with Crippen molar-refractivity contribution < 1.29 is 4.79 Å². The number of piperazine rings is 1. The van der Waals surface area contributed by atoms with Crippen molar-refractivity contribution >= 4 is 44.6 Å². The normalized spacial score (nSPS) is 18.7. The number of aryl methyl sites for hydroxylation is 2. The molecular weight excluding hydrogens is 402 g/mol. The van der Waals surface area contributed by atoms with Crippen LogP contribution < -0.4 is 10.6 Å². The summed E-state index contributed by atoms with van der Waals surface area (Å²) in [5, 5.41) is 5.46. The third-order valence-electron chi connectivity index (χ3n) is 6.15. The molecule has 1 unspecified atom stereocenters. The van der Waals surface area contributed by atoms with Crippen molar-refractivity contribution in [2.24, 2.45) is 5.73 Å². The summed E-state index contributed by atoms with van der Waals surface area (Å²) in [7, 11) is 0. The molecule has 152 valence electrons. The highest BCUT2D eigenvalue weighted by molar-refractivity contribution is 7.19. The maximum atomic E-state index is 11.6. The first-order valence-electron chi connectivity index (χ1n) is 10.2. The van der Waals surface area contributed by atoms with Crippen LogP contribution in [-0.4, -0.2) is 53.0 Å². The van der Waals surface area contributed by atoms with E-state index in [9.17, 15) is 4.79 Å². The summed E-state index contributed by atoms with van der Waals surface area (Å²) in [6.45, 7) is 5.21. The molecule has 1 aliphatic carbocycles. The lowest BCUT2D eigenvalue weighted by atomic mass is 9.96. The number of anilines is 1. The van der Waals surface area contributed by atoms with Crippen LogP contribution >= 0.6 is 22.7 Å². The van der Waals surface area contributed by atoms with Crippen LogP contribution in [-0.2, 0) is 17.6 Å². The molecule has 5 rings (SSSR count). The molecule has 1 fully saturated rings. The summed E-state index contributed by atoms with van der Waals surface area (Å²) in [5.41, 5.74) is 8.07. The number of primary amides is 1. The van der Waals surface area contributed by atoms with E-state index in [1.165, 1.54) is 28.7 Å². The predicted molar refractivity (Wildman–Crippen MR) is 120 cm³/mol. The number of carbonyl (C=O) groups excluding carboxylic acids is 1. The van der Waals surface area contributed by atoms with E-state index < -0.39 is 0 Å². The Morgan fingerprint density at radius 3 is 2.69 bits per heavy atom. The van der Waals surface area contributed by atoms with Crippen molar-refractivity contribution in [1.82, 2.24) is 14.9 Å². The Kier molecular flexibility index (Phi) is 5.01. The van der Waals surface area contributed by atoms with Crippen LogP contribution in [0.2, 0.25) is 0 Å². The van der Waals surface area contributed by atoms with Crippen LogP contribution in [0.25, 0.3) is 21.6 Å². The molecule has 1 aliphatic heterocycles. The Bertz CT molecular complexity index is 1040. The Hall–Kier alpha value is -2.03. The zero-order valence-electron chi connectivity index (χ0n) is 16.6. The van der Waals surface area contributed by atoms with Gasteiger partial charge in [-0.3, -0.25) is 9.69 Å². The predicted octanol–water partition coefficient (Wildman–Crippen LogP) is 3.29. The topological polar surface area (TPSA) is 75.4 Å². The highest BCUT2D eigenvalue weighted by Gasteiger charge is 2.28. The molecule has 1 atom stereocenters. The second kappa shape index (κ2) is 7.66. The molecule has 2 N–H and O–H groups in total. The van der Waals surface area contributed by atoms with Crippen molar-refractivity contribution in [2.75, 3.05) is 31.1 Å². The highest BCUT2D eigenvalue weighted by atomic mass is 32.1. The van der Waals surface area contributed by atoms with Gasteiger partial charge in [0.25, 0.3) is 0 Å². The van der Waals surface area contributed by atoms with Gasteiger partial charge in [0.2, 0.25) is 5.91 Å². The molecule has 0 radical (unpaired) electrons. The van der Waals surface area contributed by atoms with E-state index in [0.29, 0.717) is 0 Å². The molecule has 8 heteroatoms. The fourth-order valence-corrected chi connectivity index (χ4v) is 6.28. The molecule has 3 aromatic heterocycles. The smallest absolute Gasteiger partial charge is 0.234 e. The van der Waals surface area contributed by atoms with Crippen LogP contribution in [0.15, 0.2) is 16.8 Å². The second-order valence-electron chi connectivity index (χ2n) is 7.88. The van der Waals surface area contributed by atoms with Gasteiger partial charge in [-0.2, -0.15) is 11.3 Å². The van der Waals surface area contributed by atoms with E-state index in [-0.39, 0.29) is 11.9 Å². The van der Waals surface area contributed by atoms with Crippen LogP contribution in [0.1, 0.15) is 30.2 Å². The van der Waals surface area contributed by atoms with E-state index in [1.54, 1.807) is 11.3 Å². The van der Waals surface area contributed by atoms with Gasteiger partial charge in [0, 0.05) is 42.0 Å². The minimum Gasteiger partial charge on any atom is -0.368 e. The van der Waals surface area contributed by atoms with Crippen molar-refractivity contribution in [3.05, 3.63) is 27.3 Å². The number of fused-ring (bicyclic) bond motifs is 3. The maximum Gasteiger partial charge on any atom is 0.234 e. The summed E-state index contributed by atoms with van der Waals surface area (Å²) in [6.07, 6.45) is 4.80. The third-order valence-corrected chi connectivity index (χ3v) is 8.02. The van der Waals surface area contributed by atoms with Crippen molar-refractivity contribution in [3.8, 4) is 11.4 Å². The molecule has 1 saturated heterocycles. The van der Waals surface area contributed by atoms with Gasteiger partial charge in [-0.15, -0.1) is 11.3 Å². The Labute approximate surface area is 178 Å². The number of hydrogen-bond donors (Lipinski definition) is 1. The van der Waals surface area contributed by atoms with Crippen molar-refractivity contribution in [2.45, 2.75) is 38.6 Å². The molecule has 0 spiro atoms. The number of carbonyl (C=O) groups is 1. The van der Waals surface area contributed by atoms with Crippen molar-refractivity contribution in [3.63, 3.8) is 0 Å². The Morgan fingerprint density at radius 2 is 1.97 bits per heavy atom. The SMILES string of the molecule is CC(C(N)=O)N1CCN(c2nc(-c3ccsc3)nc3sc4c(c23)CCCC4)CC1. The van der Waals surface area contributed by atoms with Gasteiger partial charge in [0.15, 0.2) is 5.82 Å². The molecular formula is C21H25N5OS2. The van der Waals surface area contributed by atoms with Gasteiger partial charge in [0.1, 0.15) is 10.6 Å². The number of rotatable bonds is 4. The first-order chi connectivity index (χ1) is 14.1. The Morgan fingerprint density at radius 1 is 1.17 bits per heavy atom. The lowest BCUT2D eigenvalue weighted by Gasteiger charge is -2.37. The summed E-state index contributed by atoms with van der Waals surface area (Å²) < 4.78 is 0. The van der Waals surface area contributed by atoms with Crippen LogP contribution in [0.3, 0.4) is 0 Å². The van der Waals surface area contributed by atoms with E-state index >= 15 is 0 Å². The summed E-state index contributed by atoms with van der Waals surface area (Å²) in [6, 6.07) is 1.87. The van der Waals surface area contributed by atoms with Gasteiger partial charge < -0.3 is 10.6 Å². The first-order valence-corrected chi connectivity index (χ1v) is 12.0. The van der Waals surface area contributed by atoms with E-state index in [2.05, 4.69) is 26.6 Å². The number of thiophene rings is 2. The summed E-state index contributed by atoms with van der Waals surface area (Å²) in [4.78, 5) is 28.8. The quantitative estimate of drug-likeness (QED) is 0.691. The molecule has 3 aromatic rings. The van der Waals surface area contributed by atoms with Gasteiger partial charge in [-0.25, -0.2) is 9.97 Å². The maximum absolute atomic E-state index is 11.6. The largest absolute Gasteiger partial charge is 0.368 e. The number of amides is 1. The van der Waals surface area contributed by atoms with Crippen LogP contribution in [0.4, 0.5) is 5.82 Å². The lowest BCUT2D eigenvalue weighted by molar-refractivity contribution is -0.122. The summed E-state index contributed by atoms with van der Waals surface area (Å²) >= 11 is 3.53. The number of hydrogen-bond acceptors (Lipinski definition) is 7. The molecule has 2 aliphatic rings. The molecule has 29 heavy (non-hydrogen) atoms. The zero-order valence-corrected chi connectivity index (χ0v) is 18.2. The summed E-state index contributed by atoms with van der Waals surface area (Å²) in [5.74, 6) is 1.64. The second-order valence-corrected chi connectivity index (χ2v) is 9.74. The van der Waals surface area contributed by atoms with E-state index in [4.69, 9.17) is 15.7 Å². The molecule has 0 bridgehead atoms. The van der Waals surface area contributed by atoms with Crippen LogP contribution in [0, 0.1) is 0 Å². The lowest BCUT2D eigenvalue weighted by Crippen LogP contribution is -2.53. The first kappa shape index (κ1) is 19.0. The Balaban J connectivity index is 1.55. The molecule has 4 heterocycles. The number of nitrogens with zero attached hydrogens (tertiary/aromatic N) is 4. The fourth-order valence-electron chi connectivity index (χ4n) is 4.39. The average Bonchev–Trinajstić information content (AvgIpc) is 3.40. The third kappa shape index (κ3) is 3.43. The molecule has 1 amide bonds. The number of nitrogens with two attached hydrogens (primary N) is 1. The average molecular weight is 428 g/mol. The minimum absolute atomic E-state index is 0.224. The minimum atomic E-state index is -0.255. The van der Waals surface area contributed by atoms with Gasteiger partial charge in [-0.05, 0) is 49.6 Å². The highest BCUT2D eigenvalue weighted by Crippen LogP contribution is 2.41. The van der Waals surface area contributed by atoms with Crippen molar-refractivity contribution in [1.29, 1.82) is 0 Å². The molecule has 0 saturated carbocycles. The fraction of sp³-hybridized carbons (Fsp3) is 0.476. The van der Waals surface area contributed by atoms with Gasteiger partial charge >= 0.3 is 0 Å². The molecule has 6 nitrogen and oxygen atoms in total. The monoisotopic (exact) mass is 427 g/mol. The van der Waals surface area contributed by atoms with E-state index in [1.807, 2.05) is 18.3 Å². The van der Waals surface area contributed by atoms with E-state index in [0.717, 1.165) is 61.1 Å². The number of aromatic nitrogens is 2. The van der Waals surface area contributed by atoms with Crippen LogP contribution in [0.5, 0.6) is 0 Å².